The summed E-state index contributed by atoms with van der Waals surface area (Å²) < 4.78 is 5.27. The Labute approximate surface area is 110 Å². The van der Waals surface area contributed by atoms with Crippen LogP contribution in [0.4, 0.5) is 0 Å². The number of esters is 1. The van der Waals surface area contributed by atoms with Gasteiger partial charge < -0.3 is 4.74 Å². The Morgan fingerprint density at radius 2 is 1.83 bits per heavy atom. The molecule has 0 radical (unpaired) electrons. The van der Waals surface area contributed by atoms with Crippen LogP contribution in [0, 0.1) is 11.3 Å². The van der Waals surface area contributed by atoms with Gasteiger partial charge in [-0.1, -0.05) is 58.0 Å². The molecule has 0 aliphatic heterocycles. The van der Waals surface area contributed by atoms with Crippen LogP contribution in [0.25, 0.3) is 0 Å². The van der Waals surface area contributed by atoms with Gasteiger partial charge in [0.2, 0.25) is 0 Å². The van der Waals surface area contributed by atoms with Crippen LogP contribution >= 0.6 is 0 Å². The van der Waals surface area contributed by atoms with Crippen molar-refractivity contribution in [3.8, 4) is 0 Å². The minimum absolute atomic E-state index is 0.101. The molecular weight excluding hydrogens is 224 g/mol. The molecule has 0 amide bonds. The van der Waals surface area contributed by atoms with Gasteiger partial charge in [0, 0.05) is 6.42 Å². The average molecular weight is 248 g/mol. The van der Waals surface area contributed by atoms with Gasteiger partial charge in [0.1, 0.15) is 6.61 Å². The van der Waals surface area contributed by atoms with Crippen LogP contribution in [0.1, 0.15) is 46.1 Å². The highest BCUT2D eigenvalue weighted by atomic mass is 16.5. The summed E-state index contributed by atoms with van der Waals surface area (Å²) in [6.45, 7) is 9.06. The van der Waals surface area contributed by atoms with Gasteiger partial charge in [-0.3, -0.25) is 4.79 Å². The number of carbonyl (C=O) groups excluding carboxylic acids is 1. The molecule has 0 spiro atoms. The van der Waals surface area contributed by atoms with E-state index in [2.05, 4.69) is 27.7 Å². The van der Waals surface area contributed by atoms with E-state index in [0.29, 0.717) is 18.9 Å². The Hall–Kier alpha value is -1.31. The second-order valence-corrected chi connectivity index (χ2v) is 6.22. The molecule has 0 bridgehead atoms. The predicted octanol–water partition coefficient (Wildman–Crippen LogP) is 4.19. The molecule has 2 nitrogen and oxygen atoms in total. The summed E-state index contributed by atoms with van der Waals surface area (Å²) in [6, 6.07) is 9.78. The Morgan fingerprint density at radius 3 is 2.39 bits per heavy atom. The third-order valence-electron chi connectivity index (χ3n) is 2.72. The van der Waals surface area contributed by atoms with E-state index in [0.717, 1.165) is 12.0 Å². The molecule has 2 heteroatoms. The van der Waals surface area contributed by atoms with E-state index in [-0.39, 0.29) is 11.4 Å². The normalized spacial score (nSPS) is 13.1. The predicted molar refractivity (Wildman–Crippen MR) is 74.1 cm³/mol. The van der Waals surface area contributed by atoms with Crippen molar-refractivity contribution in [1.82, 2.24) is 0 Å². The lowest BCUT2D eigenvalue weighted by molar-refractivity contribution is -0.146. The fraction of sp³-hybridized carbons (Fsp3) is 0.562. The summed E-state index contributed by atoms with van der Waals surface area (Å²) in [5, 5.41) is 0. The maximum absolute atomic E-state index is 11.7. The average Bonchev–Trinajstić information content (AvgIpc) is 2.25. The van der Waals surface area contributed by atoms with Crippen LogP contribution in [-0.2, 0) is 16.1 Å². The Kier molecular flexibility index (Phi) is 5.39. The molecule has 1 unspecified atom stereocenters. The second-order valence-electron chi connectivity index (χ2n) is 6.22. The highest BCUT2D eigenvalue weighted by Gasteiger charge is 2.18. The zero-order valence-corrected chi connectivity index (χ0v) is 11.9. The SMILES string of the molecule is CC(CC(=O)OCc1ccccc1)CC(C)(C)C. The van der Waals surface area contributed by atoms with E-state index in [1.165, 1.54) is 0 Å². The number of rotatable bonds is 5. The van der Waals surface area contributed by atoms with Crippen LogP contribution in [0.2, 0.25) is 0 Å². The van der Waals surface area contributed by atoms with Gasteiger partial charge in [0.05, 0.1) is 0 Å². The van der Waals surface area contributed by atoms with Gasteiger partial charge >= 0.3 is 5.97 Å². The van der Waals surface area contributed by atoms with Crippen molar-refractivity contribution in [2.24, 2.45) is 11.3 Å². The fourth-order valence-electron chi connectivity index (χ4n) is 2.20. The summed E-state index contributed by atoms with van der Waals surface area (Å²) in [7, 11) is 0. The van der Waals surface area contributed by atoms with E-state index < -0.39 is 0 Å². The molecular formula is C16H24O2. The number of benzene rings is 1. The van der Waals surface area contributed by atoms with E-state index in [9.17, 15) is 4.79 Å². The largest absolute Gasteiger partial charge is 0.461 e. The van der Waals surface area contributed by atoms with Gasteiger partial charge in [0.15, 0.2) is 0 Å². The summed E-state index contributed by atoms with van der Waals surface area (Å²) in [5.41, 5.74) is 1.30. The summed E-state index contributed by atoms with van der Waals surface area (Å²) in [5.74, 6) is 0.267. The summed E-state index contributed by atoms with van der Waals surface area (Å²) in [6.07, 6.45) is 1.54. The smallest absolute Gasteiger partial charge is 0.306 e. The van der Waals surface area contributed by atoms with Crippen molar-refractivity contribution in [3.05, 3.63) is 35.9 Å². The first kappa shape index (κ1) is 14.7. The summed E-state index contributed by atoms with van der Waals surface area (Å²) in [4.78, 5) is 11.7. The maximum atomic E-state index is 11.7. The lowest BCUT2D eigenvalue weighted by Crippen LogP contribution is -2.15. The fourth-order valence-corrected chi connectivity index (χ4v) is 2.20. The molecule has 1 aromatic rings. The summed E-state index contributed by atoms with van der Waals surface area (Å²) >= 11 is 0. The topological polar surface area (TPSA) is 26.3 Å². The molecule has 1 aromatic carbocycles. The highest BCUT2D eigenvalue weighted by Crippen LogP contribution is 2.26. The van der Waals surface area contributed by atoms with Crippen LogP contribution in [0.5, 0.6) is 0 Å². The first-order valence-corrected chi connectivity index (χ1v) is 6.56. The van der Waals surface area contributed by atoms with Gasteiger partial charge in [-0.25, -0.2) is 0 Å². The molecule has 0 aromatic heterocycles. The van der Waals surface area contributed by atoms with E-state index in [1.54, 1.807) is 0 Å². The second kappa shape index (κ2) is 6.58. The lowest BCUT2D eigenvalue weighted by Gasteiger charge is -2.22. The van der Waals surface area contributed by atoms with E-state index in [4.69, 9.17) is 4.74 Å². The van der Waals surface area contributed by atoms with Gasteiger partial charge in [-0.05, 0) is 23.3 Å². The minimum atomic E-state index is -0.101. The monoisotopic (exact) mass is 248 g/mol. The molecule has 18 heavy (non-hydrogen) atoms. The standard InChI is InChI=1S/C16H24O2/c1-13(11-16(2,3)4)10-15(17)18-12-14-8-6-5-7-9-14/h5-9,13H,10-12H2,1-4H3. The van der Waals surface area contributed by atoms with Crippen LogP contribution in [-0.4, -0.2) is 5.97 Å². The van der Waals surface area contributed by atoms with Gasteiger partial charge in [0.25, 0.3) is 0 Å². The molecule has 0 fully saturated rings. The Morgan fingerprint density at radius 1 is 1.22 bits per heavy atom. The van der Waals surface area contributed by atoms with Crippen LogP contribution in [0.3, 0.4) is 0 Å². The van der Waals surface area contributed by atoms with Crippen molar-refractivity contribution < 1.29 is 9.53 Å². The molecule has 0 saturated carbocycles. The quantitative estimate of drug-likeness (QED) is 0.730. The van der Waals surface area contributed by atoms with Crippen molar-refractivity contribution >= 4 is 5.97 Å². The molecule has 0 aliphatic rings. The number of hydrogen-bond acceptors (Lipinski definition) is 2. The van der Waals surface area contributed by atoms with Gasteiger partial charge in [-0.2, -0.15) is 0 Å². The first-order chi connectivity index (χ1) is 8.37. The van der Waals surface area contributed by atoms with Crippen LogP contribution < -0.4 is 0 Å². The Balaban J connectivity index is 2.30. The number of hydrogen-bond donors (Lipinski definition) is 0. The minimum Gasteiger partial charge on any atom is -0.461 e. The molecule has 0 saturated heterocycles. The van der Waals surface area contributed by atoms with Crippen LogP contribution in [0.15, 0.2) is 30.3 Å². The molecule has 0 heterocycles. The number of ether oxygens (including phenoxy) is 1. The maximum Gasteiger partial charge on any atom is 0.306 e. The van der Waals surface area contributed by atoms with Crippen molar-refractivity contribution in [1.29, 1.82) is 0 Å². The molecule has 100 valence electrons. The first-order valence-electron chi connectivity index (χ1n) is 6.56. The lowest BCUT2D eigenvalue weighted by atomic mass is 9.84. The van der Waals surface area contributed by atoms with E-state index in [1.807, 2.05) is 30.3 Å². The third-order valence-corrected chi connectivity index (χ3v) is 2.72. The highest BCUT2D eigenvalue weighted by molar-refractivity contribution is 5.69. The van der Waals surface area contributed by atoms with E-state index >= 15 is 0 Å². The zero-order valence-electron chi connectivity index (χ0n) is 11.9. The zero-order chi connectivity index (χ0) is 13.6. The van der Waals surface area contributed by atoms with Gasteiger partial charge in [-0.15, -0.1) is 0 Å². The molecule has 0 aliphatic carbocycles. The van der Waals surface area contributed by atoms with Crippen molar-refractivity contribution in [3.63, 3.8) is 0 Å². The Bertz CT molecular complexity index is 362. The molecule has 0 N–H and O–H groups in total. The van der Waals surface area contributed by atoms with Crippen molar-refractivity contribution in [2.75, 3.05) is 0 Å². The van der Waals surface area contributed by atoms with Crippen molar-refractivity contribution in [2.45, 2.75) is 47.1 Å². The molecule has 1 atom stereocenters. The number of carbonyl (C=O) groups is 1. The third kappa shape index (κ3) is 6.43. The molecule has 1 rings (SSSR count).